The Morgan fingerprint density at radius 1 is 0.581 bits per heavy atom. The van der Waals surface area contributed by atoms with Gasteiger partial charge in [0.15, 0.2) is 0 Å². The highest BCUT2D eigenvalue weighted by Crippen LogP contribution is 2.30. The van der Waals surface area contributed by atoms with E-state index in [1.54, 1.807) is 11.1 Å². The molecule has 160 valence electrons. The summed E-state index contributed by atoms with van der Waals surface area (Å²) in [6.07, 6.45) is 5.59. The van der Waals surface area contributed by atoms with E-state index < -0.39 is 0 Å². The zero-order valence-corrected chi connectivity index (χ0v) is 19.9. The number of hydrogen-bond acceptors (Lipinski definition) is 0. The molecular weight excluding hydrogens is 372 g/mol. The van der Waals surface area contributed by atoms with Crippen LogP contribution in [0.4, 0.5) is 0 Å². The van der Waals surface area contributed by atoms with Crippen molar-refractivity contribution in [3.63, 3.8) is 0 Å². The predicted molar refractivity (Wildman–Crippen MR) is 136 cm³/mol. The fourth-order valence-corrected chi connectivity index (χ4v) is 5.31. The highest BCUT2D eigenvalue weighted by Gasteiger charge is 2.21. The number of rotatable bonds is 6. The summed E-state index contributed by atoms with van der Waals surface area (Å²) in [6, 6.07) is 23.2. The summed E-state index contributed by atoms with van der Waals surface area (Å²) in [4.78, 5) is 0. The van der Waals surface area contributed by atoms with Crippen molar-refractivity contribution in [2.24, 2.45) is 5.92 Å². The molecule has 0 radical (unpaired) electrons. The fraction of sp³-hybridized carbons (Fsp3) is 0.355. The third-order valence-electron chi connectivity index (χ3n) is 7.18. The summed E-state index contributed by atoms with van der Waals surface area (Å²) in [5, 5.41) is 3.03. The van der Waals surface area contributed by atoms with Crippen LogP contribution in [0.15, 0.2) is 60.7 Å². The van der Waals surface area contributed by atoms with E-state index in [9.17, 15) is 0 Å². The highest BCUT2D eigenvalue weighted by atomic mass is 14.3. The van der Waals surface area contributed by atoms with Crippen molar-refractivity contribution in [1.82, 2.24) is 0 Å². The molecule has 0 saturated heterocycles. The first-order valence-corrected chi connectivity index (χ1v) is 12.2. The number of benzene rings is 3. The SMILES string of the molecule is CCC1=c2c(-c3ccc(CC)cc3)ccc(-c3ccc(CC)cc3)c2=C(CC)C(C)C1. The second-order valence-corrected chi connectivity index (χ2v) is 8.95. The van der Waals surface area contributed by atoms with Crippen molar-refractivity contribution in [2.75, 3.05) is 0 Å². The maximum atomic E-state index is 2.42. The van der Waals surface area contributed by atoms with Crippen LogP contribution in [-0.4, -0.2) is 0 Å². The third kappa shape index (κ3) is 4.01. The van der Waals surface area contributed by atoms with E-state index in [0.717, 1.165) is 25.7 Å². The summed E-state index contributed by atoms with van der Waals surface area (Å²) in [5.41, 5.74) is 11.5. The Morgan fingerprint density at radius 2 is 1.06 bits per heavy atom. The molecule has 0 bridgehead atoms. The monoisotopic (exact) mass is 408 g/mol. The maximum Gasteiger partial charge on any atom is -0.0105 e. The lowest BCUT2D eigenvalue weighted by atomic mass is 9.79. The van der Waals surface area contributed by atoms with E-state index in [1.165, 1.54) is 50.2 Å². The molecule has 3 aromatic carbocycles. The van der Waals surface area contributed by atoms with Crippen molar-refractivity contribution < 1.29 is 0 Å². The van der Waals surface area contributed by atoms with E-state index in [-0.39, 0.29) is 0 Å². The molecule has 4 rings (SSSR count). The lowest BCUT2D eigenvalue weighted by molar-refractivity contribution is 0.722. The van der Waals surface area contributed by atoms with Crippen molar-refractivity contribution >= 4 is 11.1 Å². The lowest BCUT2D eigenvalue weighted by Crippen LogP contribution is -2.38. The lowest BCUT2D eigenvalue weighted by Gasteiger charge is -2.25. The molecule has 31 heavy (non-hydrogen) atoms. The van der Waals surface area contributed by atoms with Gasteiger partial charge in [-0.2, -0.15) is 0 Å². The molecule has 0 N–H and O–H groups in total. The van der Waals surface area contributed by atoms with Crippen molar-refractivity contribution in [3.8, 4) is 22.3 Å². The van der Waals surface area contributed by atoms with Gasteiger partial charge in [0.2, 0.25) is 0 Å². The Morgan fingerprint density at radius 3 is 1.48 bits per heavy atom. The first kappa shape index (κ1) is 21.6. The first-order valence-electron chi connectivity index (χ1n) is 12.2. The van der Waals surface area contributed by atoms with Crippen LogP contribution in [0.5, 0.6) is 0 Å². The maximum absolute atomic E-state index is 2.42. The van der Waals surface area contributed by atoms with E-state index in [2.05, 4.69) is 95.3 Å². The molecule has 0 aromatic heterocycles. The van der Waals surface area contributed by atoms with E-state index in [0.29, 0.717) is 5.92 Å². The fourth-order valence-electron chi connectivity index (χ4n) is 5.31. The van der Waals surface area contributed by atoms with Crippen LogP contribution < -0.4 is 10.4 Å². The second-order valence-electron chi connectivity index (χ2n) is 8.95. The summed E-state index contributed by atoms with van der Waals surface area (Å²) >= 11 is 0. The van der Waals surface area contributed by atoms with Gasteiger partial charge in [-0.1, -0.05) is 106 Å². The second kappa shape index (κ2) is 9.27. The Kier molecular flexibility index (Phi) is 6.46. The Labute approximate surface area is 188 Å². The van der Waals surface area contributed by atoms with Gasteiger partial charge in [-0.3, -0.25) is 0 Å². The largest absolute Gasteiger partial charge is 0.0616 e. The number of aryl methyl sites for hydroxylation is 2. The molecule has 3 aromatic rings. The molecule has 1 aliphatic carbocycles. The van der Waals surface area contributed by atoms with Gasteiger partial charge < -0.3 is 0 Å². The van der Waals surface area contributed by atoms with Gasteiger partial charge in [-0.25, -0.2) is 0 Å². The molecule has 0 saturated carbocycles. The normalized spacial score (nSPS) is 15.8. The molecular formula is C31H36. The van der Waals surface area contributed by atoms with Gasteiger partial charge in [-0.15, -0.1) is 0 Å². The standard InChI is InChI=1S/C31H36/c1-6-22-10-14-25(15-11-22)28-18-19-29(26-16-12-23(7-2)13-17-26)31-27(9-4)21(5)20-24(8-3)30(28)31/h10-19,21H,6-9,20H2,1-5H3. The smallest absolute Gasteiger partial charge is 0.0105 e. The number of hydrogen-bond donors (Lipinski definition) is 0. The minimum atomic E-state index is 0.610. The highest BCUT2D eigenvalue weighted by molar-refractivity contribution is 5.79. The van der Waals surface area contributed by atoms with Crippen molar-refractivity contribution in [2.45, 2.75) is 66.7 Å². The van der Waals surface area contributed by atoms with Crippen LogP contribution in [0.25, 0.3) is 33.4 Å². The van der Waals surface area contributed by atoms with Crippen LogP contribution in [-0.2, 0) is 12.8 Å². The van der Waals surface area contributed by atoms with Gasteiger partial charge >= 0.3 is 0 Å². The Hall–Kier alpha value is -2.60. The molecule has 1 unspecified atom stereocenters. The van der Waals surface area contributed by atoms with Gasteiger partial charge in [0.1, 0.15) is 0 Å². The van der Waals surface area contributed by atoms with Crippen LogP contribution in [0, 0.1) is 5.92 Å². The van der Waals surface area contributed by atoms with E-state index >= 15 is 0 Å². The molecule has 0 amide bonds. The zero-order valence-electron chi connectivity index (χ0n) is 19.9. The average molecular weight is 409 g/mol. The third-order valence-corrected chi connectivity index (χ3v) is 7.18. The minimum Gasteiger partial charge on any atom is -0.0616 e. The van der Waals surface area contributed by atoms with Crippen molar-refractivity contribution in [1.29, 1.82) is 0 Å². The van der Waals surface area contributed by atoms with Gasteiger partial charge in [0, 0.05) is 0 Å². The molecule has 0 heterocycles. The minimum absolute atomic E-state index is 0.610. The average Bonchev–Trinajstić information content (AvgIpc) is 2.83. The van der Waals surface area contributed by atoms with Gasteiger partial charge in [-0.05, 0) is 81.8 Å². The summed E-state index contributed by atoms with van der Waals surface area (Å²) in [7, 11) is 0. The molecule has 0 aliphatic heterocycles. The molecule has 0 heteroatoms. The summed E-state index contributed by atoms with van der Waals surface area (Å²) in [5.74, 6) is 0.610. The molecule has 0 spiro atoms. The van der Waals surface area contributed by atoms with Crippen molar-refractivity contribution in [3.05, 3.63) is 82.2 Å². The Bertz CT molecular complexity index is 1170. The quantitative estimate of drug-likeness (QED) is 0.401. The van der Waals surface area contributed by atoms with E-state index in [1.807, 2.05) is 0 Å². The van der Waals surface area contributed by atoms with E-state index in [4.69, 9.17) is 0 Å². The first-order chi connectivity index (χ1) is 15.1. The molecule has 0 fully saturated rings. The predicted octanol–water partition coefficient (Wildman–Crippen LogP) is 7.31. The number of fused-ring (bicyclic) bond motifs is 1. The van der Waals surface area contributed by atoms with Crippen LogP contribution in [0.2, 0.25) is 0 Å². The summed E-state index contributed by atoms with van der Waals surface area (Å²) in [6.45, 7) is 11.5. The molecule has 0 nitrogen and oxygen atoms in total. The zero-order chi connectivity index (χ0) is 22.0. The van der Waals surface area contributed by atoms with Crippen LogP contribution in [0.1, 0.15) is 65.0 Å². The molecule has 1 atom stereocenters. The van der Waals surface area contributed by atoms with Gasteiger partial charge in [0.05, 0.1) is 0 Å². The van der Waals surface area contributed by atoms with Crippen LogP contribution in [0.3, 0.4) is 0 Å². The molecule has 1 aliphatic rings. The Balaban J connectivity index is 2.08. The topological polar surface area (TPSA) is 0 Å². The van der Waals surface area contributed by atoms with Gasteiger partial charge in [0.25, 0.3) is 0 Å². The van der Waals surface area contributed by atoms with Crippen LogP contribution >= 0.6 is 0 Å². The summed E-state index contributed by atoms with van der Waals surface area (Å²) < 4.78 is 0.